The molecule has 1 heteroatoms. The summed E-state index contributed by atoms with van der Waals surface area (Å²) in [5.74, 6) is 0.145. The zero-order valence-corrected chi connectivity index (χ0v) is 14.3. The number of carbonyl (C=O) groups is 1. The maximum Gasteiger partial charge on any atom is 0.160 e. The summed E-state index contributed by atoms with van der Waals surface area (Å²) in [5.41, 5.74) is 10.9. The molecule has 4 rings (SSSR count). The van der Waals surface area contributed by atoms with E-state index in [2.05, 4.69) is 56.3 Å². The summed E-state index contributed by atoms with van der Waals surface area (Å²) >= 11 is 0. The fourth-order valence-electron chi connectivity index (χ4n) is 3.77. The van der Waals surface area contributed by atoms with E-state index >= 15 is 0 Å². The van der Waals surface area contributed by atoms with E-state index in [0.717, 1.165) is 12.0 Å². The fourth-order valence-corrected chi connectivity index (χ4v) is 3.77. The second-order valence-electron chi connectivity index (χ2n) is 6.71. The Hall–Kier alpha value is -2.67. The van der Waals surface area contributed by atoms with Crippen molar-refractivity contribution in [3.8, 4) is 22.3 Å². The van der Waals surface area contributed by atoms with Crippen LogP contribution in [-0.4, -0.2) is 5.78 Å². The Labute approximate surface area is 143 Å². The summed E-state index contributed by atoms with van der Waals surface area (Å²) in [6.45, 7) is 5.98. The van der Waals surface area contributed by atoms with Crippen LogP contribution in [-0.2, 0) is 6.42 Å². The lowest BCUT2D eigenvalue weighted by atomic mass is 9.90. The summed E-state index contributed by atoms with van der Waals surface area (Å²) in [6, 6.07) is 19.1. The average Bonchev–Trinajstić information content (AvgIpc) is 2.93. The summed E-state index contributed by atoms with van der Waals surface area (Å²) in [7, 11) is 0. The molecule has 0 saturated heterocycles. The van der Waals surface area contributed by atoms with Gasteiger partial charge >= 0.3 is 0 Å². The largest absolute Gasteiger partial charge is 0.295 e. The van der Waals surface area contributed by atoms with Gasteiger partial charge in [-0.3, -0.25) is 4.79 Å². The third-order valence-corrected chi connectivity index (χ3v) is 5.13. The molecule has 0 radical (unpaired) electrons. The zero-order chi connectivity index (χ0) is 16.8. The van der Waals surface area contributed by atoms with E-state index in [4.69, 9.17) is 0 Å². The molecule has 0 fully saturated rings. The van der Waals surface area contributed by atoms with Gasteiger partial charge in [-0.25, -0.2) is 0 Å². The van der Waals surface area contributed by atoms with Gasteiger partial charge in [0.1, 0.15) is 0 Å². The van der Waals surface area contributed by atoms with Crippen LogP contribution in [0.25, 0.3) is 22.3 Å². The van der Waals surface area contributed by atoms with Gasteiger partial charge in [0.25, 0.3) is 0 Å². The minimum absolute atomic E-state index is 0.145. The number of aryl methyl sites for hydroxylation is 2. The van der Waals surface area contributed by atoms with Crippen LogP contribution in [0, 0.1) is 13.8 Å². The fraction of sp³-hybridized carbons (Fsp3) is 0.174. The molecule has 0 bridgehead atoms. The Morgan fingerprint density at radius 1 is 0.875 bits per heavy atom. The Morgan fingerprint density at radius 2 is 1.58 bits per heavy atom. The van der Waals surface area contributed by atoms with Gasteiger partial charge in [-0.2, -0.15) is 0 Å². The molecular formula is C23H20O. The highest BCUT2D eigenvalue weighted by Gasteiger charge is 2.26. The topological polar surface area (TPSA) is 17.1 Å². The molecule has 3 aromatic rings. The standard InChI is InChI=1S/C23H20O/c1-14-11-18-13-22-19(16(3)24)9-10-20(17-7-5-4-6-8-17)23(22)21(18)12-15(14)2/h4-12H,13H2,1-3H3. The molecule has 118 valence electrons. The number of rotatable bonds is 2. The van der Waals surface area contributed by atoms with Crippen molar-refractivity contribution in [3.63, 3.8) is 0 Å². The maximum atomic E-state index is 12.1. The summed E-state index contributed by atoms with van der Waals surface area (Å²) in [4.78, 5) is 12.1. The molecule has 0 atom stereocenters. The highest BCUT2D eigenvalue weighted by atomic mass is 16.1. The smallest absolute Gasteiger partial charge is 0.160 e. The maximum absolute atomic E-state index is 12.1. The van der Waals surface area contributed by atoms with E-state index in [-0.39, 0.29) is 5.78 Å². The molecule has 0 spiro atoms. The van der Waals surface area contributed by atoms with Crippen molar-refractivity contribution in [2.45, 2.75) is 27.2 Å². The van der Waals surface area contributed by atoms with Gasteiger partial charge in [0.15, 0.2) is 5.78 Å². The van der Waals surface area contributed by atoms with Gasteiger partial charge in [-0.05, 0) is 71.7 Å². The molecule has 1 aliphatic carbocycles. The molecule has 0 unspecified atom stereocenters. The first-order chi connectivity index (χ1) is 11.6. The quantitative estimate of drug-likeness (QED) is 0.431. The molecule has 0 aliphatic heterocycles. The van der Waals surface area contributed by atoms with Crippen molar-refractivity contribution < 1.29 is 4.79 Å². The summed E-state index contributed by atoms with van der Waals surface area (Å²) in [5, 5.41) is 0. The third kappa shape index (κ3) is 2.20. The molecule has 0 saturated carbocycles. The van der Waals surface area contributed by atoms with Crippen molar-refractivity contribution in [1.29, 1.82) is 0 Å². The van der Waals surface area contributed by atoms with E-state index in [1.807, 2.05) is 12.1 Å². The number of Topliss-reactive ketones (excluding diaryl/α,β-unsaturated/α-hetero) is 1. The molecule has 0 heterocycles. The molecule has 0 amide bonds. The Kier molecular flexibility index (Phi) is 3.38. The Balaban J connectivity index is 2.05. The molecular weight excluding hydrogens is 292 g/mol. The summed E-state index contributed by atoms with van der Waals surface area (Å²) < 4.78 is 0. The minimum atomic E-state index is 0.145. The van der Waals surface area contributed by atoms with E-state index in [1.165, 1.54) is 44.5 Å². The second kappa shape index (κ2) is 5.45. The molecule has 0 aromatic heterocycles. The van der Waals surface area contributed by atoms with Gasteiger partial charge in [0.2, 0.25) is 0 Å². The van der Waals surface area contributed by atoms with Gasteiger partial charge in [0, 0.05) is 5.56 Å². The van der Waals surface area contributed by atoms with E-state index < -0.39 is 0 Å². The molecule has 1 aliphatic rings. The lowest BCUT2D eigenvalue weighted by molar-refractivity contribution is 0.101. The monoisotopic (exact) mass is 312 g/mol. The van der Waals surface area contributed by atoms with Gasteiger partial charge in [0.05, 0.1) is 0 Å². The first-order valence-electron chi connectivity index (χ1n) is 8.39. The first kappa shape index (κ1) is 14.9. The number of fused-ring (bicyclic) bond motifs is 3. The zero-order valence-electron chi connectivity index (χ0n) is 14.3. The second-order valence-corrected chi connectivity index (χ2v) is 6.71. The average molecular weight is 312 g/mol. The van der Waals surface area contributed by atoms with Crippen LogP contribution in [0.15, 0.2) is 54.6 Å². The third-order valence-electron chi connectivity index (χ3n) is 5.13. The lowest BCUT2D eigenvalue weighted by Gasteiger charge is -2.13. The van der Waals surface area contributed by atoms with Gasteiger partial charge in [-0.15, -0.1) is 0 Å². The highest BCUT2D eigenvalue weighted by Crippen LogP contribution is 2.45. The predicted molar refractivity (Wildman–Crippen MR) is 99.6 cm³/mol. The van der Waals surface area contributed by atoms with E-state index in [9.17, 15) is 4.79 Å². The van der Waals surface area contributed by atoms with Crippen molar-refractivity contribution in [1.82, 2.24) is 0 Å². The number of benzene rings is 3. The number of hydrogen-bond acceptors (Lipinski definition) is 1. The van der Waals surface area contributed by atoms with Crippen LogP contribution in [0.4, 0.5) is 0 Å². The molecule has 3 aromatic carbocycles. The van der Waals surface area contributed by atoms with Crippen molar-refractivity contribution in [2.24, 2.45) is 0 Å². The van der Waals surface area contributed by atoms with Crippen LogP contribution < -0.4 is 0 Å². The van der Waals surface area contributed by atoms with Crippen LogP contribution >= 0.6 is 0 Å². The molecule has 1 nitrogen and oxygen atoms in total. The first-order valence-corrected chi connectivity index (χ1v) is 8.39. The van der Waals surface area contributed by atoms with E-state index in [1.54, 1.807) is 6.92 Å². The van der Waals surface area contributed by atoms with Crippen molar-refractivity contribution >= 4 is 5.78 Å². The normalized spacial score (nSPS) is 12.0. The minimum Gasteiger partial charge on any atom is -0.295 e. The van der Waals surface area contributed by atoms with Crippen LogP contribution in [0.1, 0.15) is 39.5 Å². The number of ketones is 1. The van der Waals surface area contributed by atoms with Crippen LogP contribution in [0.2, 0.25) is 0 Å². The van der Waals surface area contributed by atoms with Crippen LogP contribution in [0.5, 0.6) is 0 Å². The van der Waals surface area contributed by atoms with Gasteiger partial charge < -0.3 is 0 Å². The van der Waals surface area contributed by atoms with Gasteiger partial charge in [-0.1, -0.05) is 54.6 Å². The molecule has 24 heavy (non-hydrogen) atoms. The predicted octanol–water partition coefficient (Wildman–Crippen LogP) is 5.74. The number of carbonyl (C=O) groups excluding carboxylic acids is 1. The Bertz CT molecular complexity index is 965. The van der Waals surface area contributed by atoms with Crippen molar-refractivity contribution in [3.05, 3.63) is 82.4 Å². The van der Waals surface area contributed by atoms with Crippen molar-refractivity contribution in [2.75, 3.05) is 0 Å². The van der Waals surface area contributed by atoms with E-state index in [0.29, 0.717) is 0 Å². The molecule has 0 N–H and O–H groups in total. The Morgan fingerprint density at radius 3 is 2.29 bits per heavy atom. The number of hydrogen-bond donors (Lipinski definition) is 0. The summed E-state index contributed by atoms with van der Waals surface area (Å²) in [6.07, 6.45) is 0.849. The SMILES string of the molecule is CC(=O)c1ccc(-c2ccccc2)c2c1Cc1cc(C)c(C)cc1-2. The lowest BCUT2D eigenvalue weighted by Crippen LogP contribution is -1.99. The van der Waals surface area contributed by atoms with Crippen LogP contribution in [0.3, 0.4) is 0 Å². The highest BCUT2D eigenvalue weighted by molar-refractivity contribution is 6.02.